The first-order chi connectivity index (χ1) is 13.3. The van der Waals surface area contributed by atoms with Crippen molar-refractivity contribution < 1.29 is 8.42 Å². The molecule has 1 aliphatic heterocycles. The van der Waals surface area contributed by atoms with Gasteiger partial charge in [-0.05, 0) is 48.7 Å². The average Bonchev–Trinajstić information content (AvgIpc) is 3.08. The fourth-order valence-corrected chi connectivity index (χ4v) is 5.54. The molecule has 1 aromatic heterocycles. The van der Waals surface area contributed by atoms with Crippen LogP contribution in [0.25, 0.3) is 11.1 Å². The molecule has 3 aromatic rings. The lowest BCUT2D eigenvalue weighted by atomic mass is 10.1. The fourth-order valence-electron chi connectivity index (χ4n) is 3.80. The predicted octanol–water partition coefficient (Wildman–Crippen LogP) is 3.35. The molecule has 0 N–H and O–H groups in total. The van der Waals surface area contributed by atoms with Crippen molar-refractivity contribution in [2.24, 2.45) is 7.05 Å². The van der Waals surface area contributed by atoms with Gasteiger partial charge in [-0.3, -0.25) is 8.99 Å². The number of fused-ring (bicyclic) bond motifs is 1. The average molecular weight is 397 g/mol. The largest absolute Gasteiger partial charge is 0.371 e. The summed E-state index contributed by atoms with van der Waals surface area (Å²) in [6.45, 7) is 4.89. The van der Waals surface area contributed by atoms with Crippen molar-refractivity contribution in [3.63, 3.8) is 0 Å². The van der Waals surface area contributed by atoms with Crippen molar-refractivity contribution in [3.8, 4) is 11.1 Å². The van der Waals surface area contributed by atoms with Crippen LogP contribution in [0.4, 0.5) is 11.4 Å². The van der Waals surface area contributed by atoms with Crippen molar-refractivity contribution in [1.29, 1.82) is 0 Å². The molecule has 146 valence electrons. The molecule has 0 amide bonds. The van der Waals surface area contributed by atoms with E-state index in [1.54, 1.807) is 21.3 Å². The molecule has 6 nitrogen and oxygen atoms in total. The Morgan fingerprint density at radius 2 is 1.75 bits per heavy atom. The normalized spacial score (nSPS) is 14.3. The molecule has 0 saturated carbocycles. The summed E-state index contributed by atoms with van der Waals surface area (Å²) in [5.74, 6) is 0. The maximum atomic E-state index is 13.6. The molecule has 0 radical (unpaired) electrons. The second kappa shape index (κ2) is 6.67. The van der Waals surface area contributed by atoms with E-state index in [0.717, 1.165) is 33.6 Å². The zero-order valence-corrected chi connectivity index (χ0v) is 17.4. The van der Waals surface area contributed by atoms with Gasteiger partial charge >= 0.3 is 0 Å². The molecule has 0 saturated heterocycles. The number of likely N-dealkylation sites (N-methyl/N-ethyl adjacent to an activating group) is 1. The first-order valence-corrected chi connectivity index (χ1v) is 10.7. The van der Waals surface area contributed by atoms with Crippen molar-refractivity contribution in [1.82, 2.24) is 9.78 Å². The Bertz CT molecular complexity index is 1150. The van der Waals surface area contributed by atoms with Crippen LogP contribution < -0.4 is 9.21 Å². The summed E-state index contributed by atoms with van der Waals surface area (Å²) in [5.41, 5.74) is 5.33. The Labute approximate surface area is 166 Å². The van der Waals surface area contributed by atoms with E-state index in [0.29, 0.717) is 18.0 Å². The van der Waals surface area contributed by atoms with Gasteiger partial charge in [-0.2, -0.15) is 5.10 Å². The van der Waals surface area contributed by atoms with Gasteiger partial charge in [0, 0.05) is 32.4 Å². The Balaban J connectivity index is 1.79. The minimum absolute atomic E-state index is 0.346. The fraction of sp³-hybridized carbons (Fsp3) is 0.286. The molecule has 1 aliphatic rings. The zero-order valence-electron chi connectivity index (χ0n) is 16.5. The third-order valence-electron chi connectivity index (χ3n) is 5.30. The number of para-hydroxylation sites is 1. The SMILES string of the molecule is Cc1cc(-c2cnn(C)c2)ccc1S(=O)(=O)N1CCN(C)c2cccc(C)c21. The van der Waals surface area contributed by atoms with Crippen LogP contribution >= 0.6 is 0 Å². The molecule has 0 aliphatic carbocycles. The minimum atomic E-state index is -3.66. The monoisotopic (exact) mass is 396 g/mol. The Kier molecular flexibility index (Phi) is 4.42. The topological polar surface area (TPSA) is 58.4 Å². The van der Waals surface area contributed by atoms with E-state index in [1.165, 1.54) is 0 Å². The molecule has 7 heteroatoms. The molecule has 4 rings (SSSR count). The van der Waals surface area contributed by atoms with Crippen molar-refractivity contribution in [3.05, 3.63) is 59.9 Å². The summed E-state index contributed by atoms with van der Waals surface area (Å²) < 4.78 is 30.4. The zero-order chi connectivity index (χ0) is 20.1. The highest BCUT2D eigenvalue weighted by molar-refractivity contribution is 7.93. The Morgan fingerprint density at radius 3 is 2.43 bits per heavy atom. The van der Waals surface area contributed by atoms with Crippen LogP contribution in [0.5, 0.6) is 0 Å². The molecule has 0 unspecified atom stereocenters. The van der Waals surface area contributed by atoms with Gasteiger partial charge in [-0.25, -0.2) is 8.42 Å². The van der Waals surface area contributed by atoms with E-state index in [4.69, 9.17) is 0 Å². The van der Waals surface area contributed by atoms with E-state index in [1.807, 2.05) is 64.5 Å². The molecule has 0 atom stereocenters. The van der Waals surface area contributed by atoms with Crippen LogP contribution in [0, 0.1) is 13.8 Å². The highest BCUT2D eigenvalue weighted by Crippen LogP contribution is 2.39. The molecular weight excluding hydrogens is 372 g/mol. The van der Waals surface area contributed by atoms with Gasteiger partial charge in [0.05, 0.1) is 29.0 Å². The van der Waals surface area contributed by atoms with Gasteiger partial charge in [0.15, 0.2) is 0 Å². The third kappa shape index (κ3) is 2.96. The molecule has 0 fully saturated rings. The van der Waals surface area contributed by atoms with Crippen molar-refractivity contribution in [2.45, 2.75) is 18.7 Å². The van der Waals surface area contributed by atoms with Gasteiger partial charge in [-0.1, -0.05) is 18.2 Å². The van der Waals surface area contributed by atoms with Crippen LogP contribution in [0.3, 0.4) is 0 Å². The van der Waals surface area contributed by atoms with Gasteiger partial charge in [0.25, 0.3) is 10.0 Å². The van der Waals surface area contributed by atoms with Crippen molar-refractivity contribution >= 4 is 21.4 Å². The number of nitrogens with zero attached hydrogens (tertiary/aromatic N) is 4. The second-order valence-corrected chi connectivity index (χ2v) is 9.16. The molecule has 28 heavy (non-hydrogen) atoms. The van der Waals surface area contributed by atoms with Gasteiger partial charge in [0.1, 0.15) is 0 Å². The number of rotatable bonds is 3. The lowest BCUT2D eigenvalue weighted by molar-refractivity contribution is 0.588. The highest BCUT2D eigenvalue weighted by Gasteiger charge is 2.33. The third-order valence-corrected chi connectivity index (χ3v) is 7.26. The Morgan fingerprint density at radius 1 is 0.964 bits per heavy atom. The van der Waals surface area contributed by atoms with Crippen molar-refractivity contribution in [2.75, 3.05) is 29.3 Å². The van der Waals surface area contributed by atoms with E-state index >= 15 is 0 Å². The number of anilines is 2. The van der Waals surface area contributed by atoms with Crippen LogP contribution in [0.2, 0.25) is 0 Å². The first-order valence-electron chi connectivity index (χ1n) is 9.22. The number of hydrogen-bond donors (Lipinski definition) is 0. The molecule has 0 spiro atoms. The van der Waals surface area contributed by atoms with Gasteiger partial charge < -0.3 is 4.90 Å². The maximum absolute atomic E-state index is 13.6. The lowest BCUT2D eigenvalue weighted by Crippen LogP contribution is -2.43. The lowest BCUT2D eigenvalue weighted by Gasteiger charge is -2.37. The second-order valence-electron chi connectivity index (χ2n) is 7.32. The molecular formula is C21H24N4O2S. The van der Waals surface area contributed by atoms with E-state index < -0.39 is 10.0 Å². The molecule has 2 heterocycles. The standard InChI is InChI=1S/C21H24N4O2S/c1-15-6-5-7-19-21(15)25(11-10-23(19)3)28(26,27)20-9-8-17(12-16(20)2)18-13-22-24(4)14-18/h5-9,12-14H,10-11H2,1-4H3. The summed E-state index contributed by atoms with van der Waals surface area (Å²) in [6.07, 6.45) is 3.70. The van der Waals surface area contributed by atoms with E-state index in [9.17, 15) is 8.42 Å². The summed E-state index contributed by atoms with van der Waals surface area (Å²) in [5, 5.41) is 4.19. The number of sulfonamides is 1. The molecule has 2 aromatic carbocycles. The maximum Gasteiger partial charge on any atom is 0.264 e. The van der Waals surface area contributed by atoms with Gasteiger partial charge in [0.2, 0.25) is 0 Å². The van der Waals surface area contributed by atoms with Gasteiger partial charge in [-0.15, -0.1) is 0 Å². The number of aromatic nitrogens is 2. The van der Waals surface area contributed by atoms with Crippen LogP contribution in [0.15, 0.2) is 53.7 Å². The Hall–Kier alpha value is -2.80. The van der Waals surface area contributed by atoms with Crippen LogP contribution in [-0.2, 0) is 17.1 Å². The summed E-state index contributed by atoms with van der Waals surface area (Å²) in [6, 6.07) is 11.4. The van der Waals surface area contributed by atoms with Crippen LogP contribution in [0.1, 0.15) is 11.1 Å². The summed E-state index contributed by atoms with van der Waals surface area (Å²) in [4.78, 5) is 2.45. The van der Waals surface area contributed by atoms with E-state index in [-0.39, 0.29) is 0 Å². The molecule has 0 bridgehead atoms. The number of aryl methyl sites for hydroxylation is 3. The van der Waals surface area contributed by atoms with E-state index in [2.05, 4.69) is 10.00 Å². The number of benzene rings is 2. The highest BCUT2D eigenvalue weighted by atomic mass is 32.2. The summed E-state index contributed by atoms with van der Waals surface area (Å²) >= 11 is 0. The summed E-state index contributed by atoms with van der Waals surface area (Å²) in [7, 11) is 0.200. The first kappa shape index (κ1) is 18.6. The quantitative estimate of drug-likeness (QED) is 0.681. The van der Waals surface area contributed by atoms with Crippen LogP contribution in [-0.4, -0.2) is 38.3 Å². The predicted molar refractivity (Wildman–Crippen MR) is 112 cm³/mol. The smallest absolute Gasteiger partial charge is 0.264 e. The number of hydrogen-bond acceptors (Lipinski definition) is 4. The minimum Gasteiger partial charge on any atom is -0.371 e.